The number of anilines is 1. The van der Waals surface area contributed by atoms with Gasteiger partial charge in [0, 0.05) is 12.1 Å². The number of carbonyl (C=O) groups is 1. The van der Waals surface area contributed by atoms with Crippen molar-refractivity contribution in [1.82, 2.24) is 9.78 Å². The predicted molar refractivity (Wildman–Crippen MR) is 83.5 cm³/mol. The van der Waals surface area contributed by atoms with Gasteiger partial charge in [0.25, 0.3) is 0 Å². The fraction of sp³-hybridized carbons (Fsp3) is 0.375. The largest absolute Gasteiger partial charge is 0.493 e. The van der Waals surface area contributed by atoms with E-state index in [1.165, 1.54) is 0 Å². The Bertz CT molecular complexity index is 620. The second-order valence-corrected chi connectivity index (χ2v) is 4.77. The molecule has 0 aliphatic heterocycles. The standard InChI is InChI=1S/C16H21N3O2/c1-3-5-10-19-16(17)13(11-20)15(18-19)12-8-6-7-9-14(12)21-4-2/h6-9,11H,3-5,10,17H2,1-2H3. The van der Waals surface area contributed by atoms with E-state index < -0.39 is 0 Å². The van der Waals surface area contributed by atoms with Gasteiger partial charge in [0.05, 0.1) is 12.2 Å². The molecule has 2 rings (SSSR count). The molecular weight excluding hydrogens is 266 g/mol. The van der Waals surface area contributed by atoms with Crippen LogP contribution in [-0.4, -0.2) is 22.7 Å². The molecule has 2 N–H and O–H groups in total. The quantitative estimate of drug-likeness (QED) is 0.794. The van der Waals surface area contributed by atoms with Gasteiger partial charge in [-0.05, 0) is 25.5 Å². The van der Waals surface area contributed by atoms with Gasteiger partial charge < -0.3 is 10.5 Å². The Balaban J connectivity index is 2.50. The summed E-state index contributed by atoms with van der Waals surface area (Å²) >= 11 is 0. The molecule has 112 valence electrons. The number of rotatable bonds is 7. The van der Waals surface area contributed by atoms with E-state index in [4.69, 9.17) is 10.5 Å². The Morgan fingerprint density at radius 2 is 2.10 bits per heavy atom. The van der Waals surface area contributed by atoms with Gasteiger partial charge in [-0.25, -0.2) is 4.68 Å². The van der Waals surface area contributed by atoms with Crippen molar-refractivity contribution in [2.45, 2.75) is 33.2 Å². The maximum Gasteiger partial charge on any atom is 0.156 e. The van der Waals surface area contributed by atoms with Crippen LogP contribution in [-0.2, 0) is 6.54 Å². The number of unbranched alkanes of at least 4 members (excludes halogenated alkanes) is 1. The number of aromatic nitrogens is 2. The van der Waals surface area contributed by atoms with Gasteiger partial charge in [-0.15, -0.1) is 0 Å². The average Bonchev–Trinajstić information content (AvgIpc) is 2.82. The molecule has 0 radical (unpaired) electrons. The number of nitrogens with zero attached hydrogens (tertiary/aromatic N) is 2. The van der Waals surface area contributed by atoms with Crippen LogP contribution in [0.5, 0.6) is 5.75 Å². The van der Waals surface area contributed by atoms with Gasteiger partial charge in [0.15, 0.2) is 6.29 Å². The van der Waals surface area contributed by atoms with Crippen molar-refractivity contribution in [1.29, 1.82) is 0 Å². The number of carbonyl (C=O) groups excluding carboxylic acids is 1. The van der Waals surface area contributed by atoms with Gasteiger partial charge >= 0.3 is 0 Å². The smallest absolute Gasteiger partial charge is 0.156 e. The van der Waals surface area contributed by atoms with E-state index in [1.54, 1.807) is 4.68 Å². The summed E-state index contributed by atoms with van der Waals surface area (Å²) in [6.45, 7) is 5.29. The second kappa shape index (κ2) is 6.92. The molecule has 0 aliphatic rings. The summed E-state index contributed by atoms with van der Waals surface area (Å²) in [7, 11) is 0. The molecular formula is C16H21N3O2. The van der Waals surface area contributed by atoms with E-state index in [9.17, 15) is 4.79 Å². The first-order valence-corrected chi connectivity index (χ1v) is 7.26. The van der Waals surface area contributed by atoms with Crippen molar-refractivity contribution in [2.24, 2.45) is 0 Å². The molecule has 1 aromatic carbocycles. The molecule has 0 saturated heterocycles. The van der Waals surface area contributed by atoms with Crippen LogP contribution in [0.25, 0.3) is 11.3 Å². The number of nitrogens with two attached hydrogens (primary N) is 1. The van der Waals surface area contributed by atoms with E-state index in [0.717, 1.165) is 24.7 Å². The van der Waals surface area contributed by atoms with E-state index in [1.807, 2.05) is 31.2 Å². The Labute approximate surface area is 124 Å². The van der Waals surface area contributed by atoms with Crippen LogP contribution in [0.1, 0.15) is 37.0 Å². The lowest BCUT2D eigenvalue weighted by molar-refractivity contribution is 0.112. The Morgan fingerprint density at radius 3 is 2.76 bits per heavy atom. The molecule has 0 fully saturated rings. The maximum absolute atomic E-state index is 11.4. The van der Waals surface area contributed by atoms with E-state index in [-0.39, 0.29) is 0 Å². The van der Waals surface area contributed by atoms with Crippen molar-refractivity contribution in [3.63, 3.8) is 0 Å². The van der Waals surface area contributed by atoms with Crippen LogP contribution < -0.4 is 10.5 Å². The molecule has 0 saturated carbocycles. The van der Waals surface area contributed by atoms with Crippen molar-refractivity contribution in [3.05, 3.63) is 29.8 Å². The molecule has 0 amide bonds. The third-order valence-electron chi connectivity index (χ3n) is 3.31. The fourth-order valence-corrected chi connectivity index (χ4v) is 2.23. The van der Waals surface area contributed by atoms with Crippen molar-refractivity contribution >= 4 is 12.1 Å². The molecule has 0 aliphatic carbocycles. The third kappa shape index (κ3) is 3.07. The van der Waals surface area contributed by atoms with Crippen LogP contribution in [0.3, 0.4) is 0 Å². The first kappa shape index (κ1) is 15.1. The number of hydrogen-bond acceptors (Lipinski definition) is 4. The highest BCUT2D eigenvalue weighted by atomic mass is 16.5. The monoisotopic (exact) mass is 287 g/mol. The first-order valence-electron chi connectivity index (χ1n) is 7.26. The highest BCUT2D eigenvalue weighted by Gasteiger charge is 2.19. The number of nitrogen functional groups attached to an aromatic ring is 1. The number of aldehydes is 1. The lowest BCUT2D eigenvalue weighted by Gasteiger charge is -2.08. The minimum atomic E-state index is 0.416. The molecule has 0 bridgehead atoms. The summed E-state index contributed by atoms with van der Waals surface area (Å²) in [6.07, 6.45) is 2.78. The van der Waals surface area contributed by atoms with E-state index in [2.05, 4.69) is 12.0 Å². The topological polar surface area (TPSA) is 70.1 Å². The average molecular weight is 287 g/mol. The third-order valence-corrected chi connectivity index (χ3v) is 3.31. The lowest BCUT2D eigenvalue weighted by atomic mass is 10.1. The lowest BCUT2D eigenvalue weighted by Crippen LogP contribution is -2.05. The van der Waals surface area contributed by atoms with Crippen molar-refractivity contribution in [3.8, 4) is 17.0 Å². The van der Waals surface area contributed by atoms with Crippen molar-refractivity contribution in [2.75, 3.05) is 12.3 Å². The maximum atomic E-state index is 11.4. The van der Waals surface area contributed by atoms with Crippen molar-refractivity contribution < 1.29 is 9.53 Å². The molecule has 1 heterocycles. The van der Waals surface area contributed by atoms with Gasteiger partial charge in [-0.3, -0.25) is 4.79 Å². The number of benzene rings is 1. The molecule has 21 heavy (non-hydrogen) atoms. The minimum absolute atomic E-state index is 0.416. The predicted octanol–water partition coefficient (Wildman–Crippen LogP) is 3.14. The molecule has 1 aromatic heterocycles. The summed E-state index contributed by atoms with van der Waals surface area (Å²) in [5.41, 5.74) is 7.85. The first-order chi connectivity index (χ1) is 10.2. The number of aryl methyl sites for hydroxylation is 1. The van der Waals surface area contributed by atoms with E-state index in [0.29, 0.717) is 36.0 Å². The summed E-state index contributed by atoms with van der Waals surface area (Å²) < 4.78 is 7.31. The summed E-state index contributed by atoms with van der Waals surface area (Å²) in [5.74, 6) is 1.13. The van der Waals surface area contributed by atoms with Gasteiger partial charge in [0.1, 0.15) is 17.3 Å². The zero-order valence-corrected chi connectivity index (χ0v) is 12.5. The zero-order chi connectivity index (χ0) is 15.2. The molecule has 5 heteroatoms. The highest BCUT2D eigenvalue weighted by molar-refractivity contribution is 5.92. The Kier molecular flexibility index (Phi) is 4.98. The zero-order valence-electron chi connectivity index (χ0n) is 12.5. The summed E-state index contributed by atoms with van der Waals surface area (Å²) in [4.78, 5) is 11.4. The molecule has 0 atom stereocenters. The molecule has 2 aromatic rings. The Morgan fingerprint density at radius 1 is 1.33 bits per heavy atom. The van der Waals surface area contributed by atoms with Crippen LogP contribution in [0, 0.1) is 0 Å². The van der Waals surface area contributed by atoms with Crippen LogP contribution in [0.4, 0.5) is 5.82 Å². The van der Waals surface area contributed by atoms with Gasteiger partial charge in [-0.2, -0.15) is 5.10 Å². The molecule has 5 nitrogen and oxygen atoms in total. The SMILES string of the molecule is CCCCn1nc(-c2ccccc2OCC)c(C=O)c1N. The van der Waals surface area contributed by atoms with Crippen LogP contribution >= 0.6 is 0 Å². The number of ether oxygens (including phenoxy) is 1. The second-order valence-electron chi connectivity index (χ2n) is 4.77. The van der Waals surface area contributed by atoms with E-state index >= 15 is 0 Å². The molecule has 0 unspecified atom stereocenters. The summed E-state index contributed by atoms with van der Waals surface area (Å²) in [6, 6.07) is 7.55. The Hall–Kier alpha value is -2.30. The highest BCUT2D eigenvalue weighted by Crippen LogP contribution is 2.33. The van der Waals surface area contributed by atoms with Crippen LogP contribution in [0.15, 0.2) is 24.3 Å². The van der Waals surface area contributed by atoms with Crippen LogP contribution in [0.2, 0.25) is 0 Å². The minimum Gasteiger partial charge on any atom is -0.493 e. The number of hydrogen-bond donors (Lipinski definition) is 1. The number of para-hydroxylation sites is 1. The molecule has 0 spiro atoms. The fourth-order valence-electron chi connectivity index (χ4n) is 2.23. The normalized spacial score (nSPS) is 10.6. The van der Waals surface area contributed by atoms with Gasteiger partial charge in [-0.1, -0.05) is 25.5 Å². The summed E-state index contributed by atoms with van der Waals surface area (Å²) in [5, 5.41) is 4.51. The van der Waals surface area contributed by atoms with Gasteiger partial charge in [0.2, 0.25) is 0 Å².